The molecule has 0 heterocycles. The largest absolute Gasteiger partial charge is 0.399 e. The van der Waals surface area contributed by atoms with E-state index in [-0.39, 0.29) is 0 Å². The highest BCUT2D eigenvalue weighted by atomic mass is 35.5. The van der Waals surface area contributed by atoms with Crippen molar-refractivity contribution in [2.45, 2.75) is 12.2 Å². The second-order valence-electron chi connectivity index (χ2n) is 4.41. The van der Waals surface area contributed by atoms with Crippen LogP contribution in [-0.4, -0.2) is 9.96 Å². The van der Waals surface area contributed by atoms with Gasteiger partial charge in [0.2, 0.25) is 0 Å². The van der Waals surface area contributed by atoms with E-state index in [0.29, 0.717) is 16.5 Å². The van der Waals surface area contributed by atoms with E-state index >= 15 is 0 Å². The first-order valence-electron chi connectivity index (χ1n) is 6.07. The molecule has 2 N–H and O–H groups in total. The van der Waals surface area contributed by atoms with E-state index < -0.39 is 10.8 Å². The molecule has 1 unspecified atom stereocenters. The van der Waals surface area contributed by atoms with Crippen molar-refractivity contribution in [1.29, 1.82) is 0 Å². The second-order valence-corrected chi connectivity index (χ2v) is 6.42. The Labute approximate surface area is 121 Å². The summed E-state index contributed by atoms with van der Waals surface area (Å²) in [5, 5.41) is 0.705. The van der Waals surface area contributed by atoms with Gasteiger partial charge in [-0.2, -0.15) is 0 Å². The number of hydrogen-bond donors (Lipinski definition) is 1. The van der Waals surface area contributed by atoms with Gasteiger partial charge in [-0.15, -0.1) is 0 Å². The summed E-state index contributed by atoms with van der Waals surface area (Å²) in [5.74, 6) is 1.23. The summed E-state index contributed by atoms with van der Waals surface area (Å²) >= 11 is 5.82. The minimum absolute atomic E-state index is 0.576. The van der Waals surface area contributed by atoms with Crippen molar-refractivity contribution >= 4 is 28.1 Å². The van der Waals surface area contributed by atoms with Gasteiger partial charge in [-0.25, -0.2) is 0 Å². The molecule has 100 valence electrons. The molecule has 0 aliphatic carbocycles. The first kappa shape index (κ1) is 14.1. The van der Waals surface area contributed by atoms with Crippen LogP contribution in [0.1, 0.15) is 11.1 Å². The molecule has 2 aromatic carbocycles. The standard InChI is InChI=1S/C15H16ClNOS/c16-14-5-1-13(2-6-14)11-19(18)10-9-12-3-7-15(17)8-4-12/h1-8H,9-11,17H2. The fourth-order valence-electron chi connectivity index (χ4n) is 1.75. The lowest BCUT2D eigenvalue weighted by Crippen LogP contribution is -2.04. The molecule has 0 aliphatic rings. The number of anilines is 1. The molecule has 0 bridgehead atoms. The number of benzene rings is 2. The molecular weight excluding hydrogens is 278 g/mol. The molecule has 2 rings (SSSR count). The van der Waals surface area contributed by atoms with Crippen LogP contribution >= 0.6 is 11.6 Å². The molecule has 0 saturated carbocycles. The quantitative estimate of drug-likeness (QED) is 0.859. The average Bonchev–Trinajstić information content (AvgIpc) is 2.41. The third-order valence-corrected chi connectivity index (χ3v) is 4.41. The van der Waals surface area contributed by atoms with E-state index in [1.165, 1.54) is 5.56 Å². The molecule has 0 spiro atoms. The Hall–Kier alpha value is -1.32. The number of nitrogen functional groups attached to an aromatic ring is 1. The van der Waals surface area contributed by atoms with E-state index in [1.807, 2.05) is 48.5 Å². The van der Waals surface area contributed by atoms with E-state index in [1.54, 1.807) is 0 Å². The third kappa shape index (κ3) is 4.69. The molecule has 0 fully saturated rings. The lowest BCUT2D eigenvalue weighted by atomic mass is 10.2. The molecule has 2 nitrogen and oxygen atoms in total. The van der Waals surface area contributed by atoms with Crippen molar-refractivity contribution in [3.63, 3.8) is 0 Å². The normalized spacial score (nSPS) is 12.3. The van der Waals surface area contributed by atoms with Gasteiger partial charge in [-0.05, 0) is 41.8 Å². The summed E-state index contributed by atoms with van der Waals surface area (Å²) in [5.41, 5.74) is 8.60. The second kappa shape index (κ2) is 6.73. The van der Waals surface area contributed by atoms with Crippen LogP contribution in [0.2, 0.25) is 5.02 Å². The van der Waals surface area contributed by atoms with Gasteiger partial charge in [-0.1, -0.05) is 35.9 Å². The predicted octanol–water partition coefficient (Wildman–Crippen LogP) is 3.41. The number of rotatable bonds is 5. The van der Waals surface area contributed by atoms with Crippen molar-refractivity contribution in [1.82, 2.24) is 0 Å². The number of nitrogens with two attached hydrogens (primary N) is 1. The van der Waals surface area contributed by atoms with Gasteiger partial charge >= 0.3 is 0 Å². The molecule has 1 atom stereocenters. The summed E-state index contributed by atoms with van der Waals surface area (Å²) in [6.07, 6.45) is 0.806. The minimum atomic E-state index is -0.858. The molecule has 19 heavy (non-hydrogen) atoms. The lowest BCUT2D eigenvalue weighted by molar-refractivity contribution is 0.682. The van der Waals surface area contributed by atoms with Gasteiger partial charge in [0.15, 0.2) is 0 Å². The summed E-state index contributed by atoms with van der Waals surface area (Å²) < 4.78 is 12.0. The molecular formula is C15H16ClNOS. The number of aryl methyl sites for hydroxylation is 1. The van der Waals surface area contributed by atoms with Crippen molar-refractivity contribution in [2.75, 3.05) is 11.5 Å². The van der Waals surface area contributed by atoms with Crippen molar-refractivity contribution < 1.29 is 4.21 Å². The van der Waals surface area contributed by atoms with Crippen LogP contribution < -0.4 is 5.73 Å². The number of hydrogen-bond acceptors (Lipinski definition) is 2. The summed E-state index contributed by atoms with van der Waals surface area (Å²) in [7, 11) is -0.858. The van der Waals surface area contributed by atoms with E-state index in [0.717, 1.165) is 17.7 Å². The van der Waals surface area contributed by atoms with Crippen molar-refractivity contribution in [3.8, 4) is 0 Å². The molecule has 0 saturated heterocycles. The fourth-order valence-corrected chi connectivity index (χ4v) is 3.05. The molecule has 0 radical (unpaired) electrons. The SMILES string of the molecule is Nc1ccc(CCS(=O)Cc2ccc(Cl)cc2)cc1. The Balaban J connectivity index is 1.84. The minimum Gasteiger partial charge on any atom is -0.399 e. The van der Waals surface area contributed by atoms with Crippen LogP contribution in [0.25, 0.3) is 0 Å². The molecule has 0 amide bonds. The maximum atomic E-state index is 12.0. The third-order valence-electron chi connectivity index (χ3n) is 2.84. The Bertz CT molecular complexity index is 551. The van der Waals surface area contributed by atoms with E-state index in [2.05, 4.69) is 0 Å². The highest BCUT2D eigenvalue weighted by Gasteiger charge is 2.03. The van der Waals surface area contributed by atoms with Gasteiger partial charge < -0.3 is 5.73 Å². The van der Waals surface area contributed by atoms with Crippen molar-refractivity contribution in [3.05, 3.63) is 64.7 Å². The molecule has 0 aromatic heterocycles. The maximum absolute atomic E-state index is 12.0. The van der Waals surface area contributed by atoms with E-state index in [9.17, 15) is 4.21 Å². The highest BCUT2D eigenvalue weighted by molar-refractivity contribution is 7.84. The summed E-state index contributed by atoms with van der Waals surface area (Å²) in [4.78, 5) is 0. The maximum Gasteiger partial charge on any atom is 0.0485 e. The lowest BCUT2D eigenvalue weighted by Gasteiger charge is -2.04. The molecule has 4 heteroatoms. The van der Waals surface area contributed by atoms with Crippen LogP contribution in [0.3, 0.4) is 0 Å². The van der Waals surface area contributed by atoms with Crippen LogP contribution in [0.15, 0.2) is 48.5 Å². The Morgan fingerprint density at radius 1 is 0.947 bits per heavy atom. The van der Waals surface area contributed by atoms with Gasteiger partial charge in [0.1, 0.15) is 0 Å². The fraction of sp³-hybridized carbons (Fsp3) is 0.200. The Kier molecular flexibility index (Phi) is 5.00. The summed E-state index contributed by atoms with van der Waals surface area (Å²) in [6, 6.07) is 15.2. The molecule has 2 aromatic rings. The van der Waals surface area contributed by atoms with Crippen LogP contribution in [0, 0.1) is 0 Å². The predicted molar refractivity (Wildman–Crippen MR) is 82.7 cm³/mol. The molecule has 0 aliphatic heterocycles. The first-order valence-corrected chi connectivity index (χ1v) is 7.94. The zero-order valence-electron chi connectivity index (χ0n) is 10.5. The Morgan fingerprint density at radius 2 is 1.53 bits per heavy atom. The highest BCUT2D eigenvalue weighted by Crippen LogP contribution is 2.12. The van der Waals surface area contributed by atoms with Crippen LogP contribution in [-0.2, 0) is 23.0 Å². The Morgan fingerprint density at radius 3 is 2.16 bits per heavy atom. The smallest absolute Gasteiger partial charge is 0.0485 e. The number of halogens is 1. The van der Waals surface area contributed by atoms with E-state index in [4.69, 9.17) is 17.3 Å². The van der Waals surface area contributed by atoms with Crippen LogP contribution in [0.4, 0.5) is 5.69 Å². The van der Waals surface area contributed by atoms with Crippen LogP contribution in [0.5, 0.6) is 0 Å². The first-order chi connectivity index (χ1) is 9.13. The zero-order chi connectivity index (χ0) is 13.7. The monoisotopic (exact) mass is 293 g/mol. The average molecular weight is 294 g/mol. The summed E-state index contributed by atoms with van der Waals surface area (Å²) in [6.45, 7) is 0. The topological polar surface area (TPSA) is 43.1 Å². The van der Waals surface area contributed by atoms with Crippen molar-refractivity contribution in [2.24, 2.45) is 0 Å². The van der Waals surface area contributed by atoms with Gasteiger partial charge in [0.05, 0.1) is 0 Å². The van der Waals surface area contributed by atoms with Gasteiger partial charge in [0.25, 0.3) is 0 Å². The zero-order valence-corrected chi connectivity index (χ0v) is 12.1. The van der Waals surface area contributed by atoms with Gasteiger partial charge in [-0.3, -0.25) is 4.21 Å². The van der Waals surface area contributed by atoms with Gasteiger partial charge in [0, 0.05) is 33.0 Å².